The van der Waals surface area contributed by atoms with Crippen molar-refractivity contribution in [2.24, 2.45) is 5.92 Å². The zero-order valence-electron chi connectivity index (χ0n) is 10.2. The van der Waals surface area contributed by atoms with E-state index in [-0.39, 0.29) is 0 Å². The van der Waals surface area contributed by atoms with E-state index in [2.05, 4.69) is 34.7 Å². The van der Waals surface area contributed by atoms with E-state index in [1.54, 1.807) is 0 Å². The fraction of sp³-hybridized carbons (Fsp3) is 0.909. The van der Waals surface area contributed by atoms with Crippen LogP contribution in [0.25, 0.3) is 0 Å². The van der Waals surface area contributed by atoms with Gasteiger partial charge in [-0.1, -0.05) is 13.8 Å². The summed E-state index contributed by atoms with van der Waals surface area (Å²) in [5, 5.41) is 15.3. The SMILES string of the molecule is CC(C)CCCn1nnnc1CNC1CC1. The van der Waals surface area contributed by atoms with Gasteiger partial charge in [0.15, 0.2) is 5.82 Å². The molecule has 1 aromatic rings. The van der Waals surface area contributed by atoms with E-state index in [4.69, 9.17) is 0 Å². The van der Waals surface area contributed by atoms with E-state index in [1.165, 1.54) is 19.3 Å². The first-order valence-corrected chi connectivity index (χ1v) is 6.24. The average molecular weight is 223 g/mol. The van der Waals surface area contributed by atoms with Gasteiger partial charge in [0.2, 0.25) is 0 Å². The first-order chi connectivity index (χ1) is 7.75. The van der Waals surface area contributed by atoms with Gasteiger partial charge < -0.3 is 5.32 Å². The molecule has 0 aliphatic heterocycles. The Morgan fingerprint density at radius 2 is 2.25 bits per heavy atom. The molecule has 0 radical (unpaired) electrons. The van der Waals surface area contributed by atoms with Crippen molar-refractivity contribution in [1.82, 2.24) is 25.5 Å². The lowest BCUT2D eigenvalue weighted by Gasteiger charge is -2.06. The third-order valence-electron chi connectivity index (χ3n) is 2.88. The molecular weight excluding hydrogens is 202 g/mol. The molecular formula is C11H21N5. The Kier molecular flexibility index (Phi) is 3.88. The second-order valence-electron chi connectivity index (χ2n) is 5.01. The highest BCUT2D eigenvalue weighted by molar-refractivity contribution is 4.86. The average Bonchev–Trinajstić information content (AvgIpc) is 2.96. The second-order valence-corrected chi connectivity index (χ2v) is 5.01. The molecule has 0 amide bonds. The normalized spacial score (nSPS) is 15.9. The van der Waals surface area contributed by atoms with Crippen molar-refractivity contribution in [3.8, 4) is 0 Å². The summed E-state index contributed by atoms with van der Waals surface area (Å²) >= 11 is 0. The molecule has 1 aromatic heterocycles. The minimum atomic E-state index is 0.709. The van der Waals surface area contributed by atoms with Gasteiger partial charge in [-0.2, -0.15) is 0 Å². The van der Waals surface area contributed by atoms with Crippen LogP contribution < -0.4 is 5.32 Å². The fourth-order valence-corrected chi connectivity index (χ4v) is 1.70. The van der Waals surface area contributed by atoms with Crippen molar-refractivity contribution in [2.75, 3.05) is 0 Å². The van der Waals surface area contributed by atoms with Gasteiger partial charge in [-0.05, 0) is 42.0 Å². The maximum atomic E-state index is 4.05. The van der Waals surface area contributed by atoms with Gasteiger partial charge in [0.05, 0.1) is 6.54 Å². The molecule has 1 heterocycles. The van der Waals surface area contributed by atoms with Crippen molar-refractivity contribution >= 4 is 0 Å². The summed E-state index contributed by atoms with van der Waals surface area (Å²) in [7, 11) is 0. The van der Waals surface area contributed by atoms with Crippen molar-refractivity contribution in [3.05, 3.63) is 5.82 Å². The number of nitrogens with zero attached hydrogens (tertiary/aromatic N) is 4. The lowest BCUT2D eigenvalue weighted by molar-refractivity contribution is 0.466. The summed E-state index contributed by atoms with van der Waals surface area (Å²) in [5.74, 6) is 1.72. The number of aromatic nitrogens is 4. The summed E-state index contributed by atoms with van der Waals surface area (Å²) < 4.78 is 1.93. The van der Waals surface area contributed by atoms with Gasteiger partial charge in [0.25, 0.3) is 0 Å². The summed E-state index contributed by atoms with van der Waals surface area (Å²) in [6.45, 7) is 6.23. The van der Waals surface area contributed by atoms with Crippen molar-refractivity contribution in [2.45, 2.75) is 58.7 Å². The monoisotopic (exact) mass is 223 g/mol. The predicted molar refractivity (Wildman–Crippen MR) is 61.8 cm³/mol. The van der Waals surface area contributed by atoms with E-state index in [9.17, 15) is 0 Å². The molecule has 16 heavy (non-hydrogen) atoms. The number of aryl methyl sites for hydroxylation is 1. The van der Waals surface area contributed by atoms with E-state index < -0.39 is 0 Å². The van der Waals surface area contributed by atoms with Gasteiger partial charge in [-0.15, -0.1) is 5.10 Å². The van der Waals surface area contributed by atoms with Gasteiger partial charge in [0.1, 0.15) is 0 Å². The molecule has 0 spiro atoms. The number of hydrogen-bond acceptors (Lipinski definition) is 4. The number of nitrogens with one attached hydrogen (secondary N) is 1. The molecule has 5 heteroatoms. The highest BCUT2D eigenvalue weighted by Crippen LogP contribution is 2.18. The molecule has 90 valence electrons. The van der Waals surface area contributed by atoms with Gasteiger partial charge in [-0.3, -0.25) is 0 Å². The predicted octanol–water partition coefficient (Wildman–Crippen LogP) is 1.36. The highest BCUT2D eigenvalue weighted by atomic mass is 15.5. The molecule has 0 bridgehead atoms. The first kappa shape index (κ1) is 11.5. The quantitative estimate of drug-likeness (QED) is 0.758. The Morgan fingerprint density at radius 1 is 1.44 bits per heavy atom. The zero-order chi connectivity index (χ0) is 11.4. The van der Waals surface area contributed by atoms with Crippen molar-refractivity contribution in [3.63, 3.8) is 0 Å². The standard InChI is InChI=1S/C11H21N5/c1-9(2)4-3-7-16-11(13-14-15-16)8-12-10-5-6-10/h9-10,12H,3-8H2,1-2H3. The largest absolute Gasteiger partial charge is 0.307 e. The Bertz CT molecular complexity index is 316. The zero-order valence-corrected chi connectivity index (χ0v) is 10.2. The lowest BCUT2D eigenvalue weighted by Crippen LogP contribution is -2.19. The van der Waals surface area contributed by atoms with Gasteiger partial charge in [-0.25, -0.2) is 4.68 Å². The second kappa shape index (κ2) is 5.39. The van der Waals surface area contributed by atoms with Crippen LogP contribution in [0.4, 0.5) is 0 Å². The van der Waals surface area contributed by atoms with Crippen LogP contribution in [0, 0.1) is 5.92 Å². The minimum absolute atomic E-state index is 0.709. The Hall–Kier alpha value is -0.970. The topological polar surface area (TPSA) is 55.6 Å². The molecule has 2 rings (SSSR count). The van der Waals surface area contributed by atoms with Crippen LogP contribution in [0.2, 0.25) is 0 Å². The first-order valence-electron chi connectivity index (χ1n) is 6.24. The minimum Gasteiger partial charge on any atom is -0.307 e. The number of rotatable bonds is 7. The Morgan fingerprint density at radius 3 is 2.94 bits per heavy atom. The molecule has 1 fully saturated rings. The molecule has 0 saturated heterocycles. The molecule has 0 aromatic carbocycles. The maximum Gasteiger partial charge on any atom is 0.165 e. The van der Waals surface area contributed by atoms with E-state index in [0.29, 0.717) is 6.04 Å². The van der Waals surface area contributed by atoms with Gasteiger partial charge >= 0.3 is 0 Å². The number of hydrogen-bond donors (Lipinski definition) is 1. The molecule has 0 atom stereocenters. The number of tetrazole rings is 1. The van der Waals surface area contributed by atoms with Gasteiger partial charge in [0, 0.05) is 12.6 Å². The molecule has 1 N–H and O–H groups in total. The Balaban J connectivity index is 1.76. The summed E-state index contributed by atoms with van der Waals surface area (Å²) in [6, 6.07) is 0.709. The van der Waals surface area contributed by atoms with Crippen LogP contribution >= 0.6 is 0 Å². The third kappa shape index (κ3) is 3.56. The fourth-order valence-electron chi connectivity index (χ4n) is 1.70. The van der Waals surface area contributed by atoms with Crippen LogP contribution in [0.5, 0.6) is 0 Å². The van der Waals surface area contributed by atoms with Crippen molar-refractivity contribution in [1.29, 1.82) is 0 Å². The molecule has 0 unspecified atom stereocenters. The summed E-state index contributed by atoms with van der Waals surface area (Å²) in [4.78, 5) is 0. The van der Waals surface area contributed by atoms with Crippen LogP contribution in [-0.4, -0.2) is 26.2 Å². The smallest absolute Gasteiger partial charge is 0.165 e. The summed E-state index contributed by atoms with van der Waals surface area (Å²) in [6.07, 6.45) is 4.98. The van der Waals surface area contributed by atoms with Crippen LogP contribution in [0.1, 0.15) is 45.4 Å². The molecule has 5 nitrogen and oxygen atoms in total. The maximum absolute atomic E-state index is 4.05. The molecule has 1 aliphatic rings. The van der Waals surface area contributed by atoms with Crippen LogP contribution in [0.15, 0.2) is 0 Å². The van der Waals surface area contributed by atoms with Crippen molar-refractivity contribution < 1.29 is 0 Å². The van der Waals surface area contributed by atoms with E-state index in [1.807, 2.05) is 4.68 Å². The van der Waals surface area contributed by atoms with Crippen LogP contribution in [-0.2, 0) is 13.1 Å². The third-order valence-corrected chi connectivity index (χ3v) is 2.88. The van der Waals surface area contributed by atoms with E-state index in [0.717, 1.165) is 31.3 Å². The molecule has 1 aliphatic carbocycles. The molecule has 1 saturated carbocycles. The Labute approximate surface area is 96.6 Å². The van der Waals surface area contributed by atoms with Crippen LogP contribution in [0.3, 0.4) is 0 Å². The lowest BCUT2D eigenvalue weighted by atomic mass is 10.1. The van der Waals surface area contributed by atoms with E-state index >= 15 is 0 Å². The summed E-state index contributed by atoms with van der Waals surface area (Å²) in [5.41, 5.74) is 0. The highest BCUT2D eigenvalue weighted by Gasteiger charge is 2.21.